The SMILES string of the molecule is Cn1c(N(c2ccccc2)c2ccc3ccccc3c2)ccc1N(c1ccccc1)c1ccc2ccccc2c1. The van der Waals surface area contributed by atoms with Crippen molar-refractivity contribution in [3.05, 3.63) is 158 Å². The first-order valence-corrected chi connectivity index (χ1v) is 13.6. The second-order valence-electron chi connectivity index (χ2n) is 10.0. The number of nitrogens with zero attached hydrogens (tertiary/aromatic N) is 3. The Bertz CT molecular complexity index is 1780. The van der Waals surface area contributed by atoms with Gasteiger partial charge in [-0.05, 0) is 82.2 Å². The summed E-state index contributed by atoms with van der Waals surface area (Å²) in [4.78, 5) is 4.67. The molecule has 3 nitrogen and oxygen atoms in total. The average Bonchev–Trinajstić information content (AvgIpc) is 3.38. The van der Waals surface area contributed by atoms with Gasteiger partial charge >= 0.3 is 0 Å². The molecule has 6 aromatic carbocycles. The number of fused-ring (bicyclic) bond motifs is 2. The molecule has 0 aliphatic heterocycles. The summed E-state index contributed by atoms with van der Waals surface area (Å²) in [5.74, 6) is 2.16. The van der Waals surface area contributed by atoms with Crippen molar-refractivity contribution in [3.63, 3.8) is 0 Å². The van der Waals surface area contributed by atoms with Crippen LogP contribution < -0.4 is 9.80 Å². The molecular weight excluding hydrogens is 486 g/mol. The lowest BCUT2D eigenvalue weighted by molar-refractivity contribution is 0.901. The highest BCUT2D eigenvalue weighted by Crippen LogP contribution is 2.42. The maximum Gasteiger partial charge on any atom is 0.119 e. The van der Waals surface area contributed by atoms with E-state index in [1.54, 1.807) is 0 Å². The van der Waals surface area contributed by atoms with Gasteiger partial charge in [-0.2, -0.15) is 0 Å². The van der Waals surface area contributed by atoms with E-state index in [0.717, 1.165) is 34.4 Å². The van der Waals surface area contributed by atoms with Crippen molar-refractivity contribution in [1.82, 2.24) is 4.57 Å². The fourth-order valence-electron chi connectivity index (χ4n) is 5.55. The summed E-state index contributed by atoms with van der Waals surface area (Å²) in [6.45, 7) is 0. The third kappa shape index (κ3) is 4.28. The van der Waals surface area contributed by atoms with Crippen LogP contribution >= 0.6 is 0 Å². The minimum atomic E-state index is 1.08. The van der Waals surface area contributed by atoms with Crippen LogP contribution in [0.1, 0.15) is 0 Å². The van der Waals surface area contributed by atoms with Crippen LogP contribution in [-0.2, 0) is 7.05 Å². The van der Waals surface area contributed by atoms with Gasteiger partial charge in [-0.25, -0.2) is 0 Å². The normalized spacial score (nSPS) is 11.1. The van der Waals surface area contributed by atoms with Gasteiger partial charge in [0.2, 0.25) is 0 Å². The maximum absolute atomic E-state index is 2.33. The van der Waals surface area contributed by atoms with Crippen LogP contribution in [0, 0.1) is 0 Å². The van der Waals surface area contributed by atoms with Crippen LogP contribution in [0.3, 0.4) is 0 Å². The van der Waals surface area contributed by atoms with Crippen molar-refractivity contribution in [3.8, 4) is 0 Å². The van der Waals surface area contributed by atoms with Gasteiger partial charge in [0, 0.05) is 29.8 Å². The van der Waals surface area contributed by atoms with Gasteiger partial charge in [0.1, 0.15) is 11.6 Å². The highest BCUT2D eigenvalue weighted by molar-refractivity contribution is 5.91. The Morgan fingerprint density at radius 1 is 0.350 bits per heavy atom. The molecule has 0 radical (unpaired) electrons. The summed E-state index contributed by atoms with van der Waals surface area (Å²) in [6.07, 6.45) is 0. The molecule has 0 unspecified atom stereocenters. The lowest BCUT2D eigenvalue weighted by Crippen LogP contribution is -2.17. The van der Waals surface area contributed by atoms with Gasteiger partial charge in [-0.15, -0.1) is 0 Å². The number of hydrogen-bond donors (Lipinski definition) is 0. The molecule has 0 aliphatic rings. The molecule has 0 saturated carbocycles. The highest BCUT2D eigenvalue weighted by Gasteiger charge is 2.22. The van der Waals surface area contributed by atoms with E-state index in [0.29, 0.717) is 0 Å². The van der Waals surface area contributed by atoms with Crippen molar-refractivity contribution < 1.29 is 0 Å². The van der Waals surface area contributed by atoms with Crippen LogP contribution in [0.15, 0.2) is 158 Å². The first kappa shape index (κ1) is 23.8. The summed E-state index contributed by atoms with van der Waals surface area (Å²) in [7, 11) is 2.15. The van der Waals surface area contributed by atoms with Crippen LogP contribution in [0.25, 0.3) is 21.5 Å². The zero-order chi connectivity index (χ0) is 26.9. The number of aromatic nitrogens is 1. The number of para-hydroxylation sites is 2. The van der Waals surface area contributed by atoms with E-state index in [1.807, 2.05) is 0 Å². The molecule has 7 aromatic rings. The van der Waals surface area contributed by atoms with Gasteiger partial charge in [-0.3, -0.25) is 9.80 Å². The molecule has 192 valence electrons. The number of anilines is 6. The highest BCUT2D eigenvalue weighted by atomic mass is 15.3. The monoisotopic (exact) mass is 515 g/mol. The summed E-state index contributed by atoms with van der Waals surface area (Å²) >= 11 is 0. The Balaban J connectivity index is 1.40. The maximum atomic E-state index is 2.33. The van der Waals surface area contributed by atoms with Gasteiger partial charge < -0.3 is 4.57 Å². The van der Waals surface area contributed by atoms with Crippen molar-refractivity contribution >= 4 is 55.9 Å². The van der Waals surface area contributed by atoms with Crippen molar-refractivity contribution in [2.75, 3.05) is 9.80 Å². The molecule has 7 rings (SSSR count). The molecule has 3 heteroatoms. The standard InChI is InChI=1S/C37H29N3/c1-38-36(39(32-16-4-2-5-17-32)34-22-20-28-12-8-10-14-30(28)26-34)24-25-37(38)40(33-18-6-3-7-19-33)35-23-21-29-13-9-11-15-31(29)27-35/h2-27H,1H3. The van der Waals surface area contributed by atoms with Gasteiger partial charge in [0.25, 0.3) is 0 Å². The zero-order valence-electron chi connectivity index (χ0n) is 22.4. The van der Waals surface area contributed by atoms with Crippen LogP contribution in [0.2, 0.25) is 0 Å². The first-order valence-electron chi connectivity index (χ1n) is 13.6. The van der Waals surface area contributed by atoms with Gasteiger partial charge in [0.15, 0.2) is 0 Å². The second kappa shape index (κ2) is 10.1. The third-order valence-corrected chi connectivity index (χ3v) is 7.54. The molecule has 40 heavy (non-hydrogen) atoms. The lowest BCUT2D eigenvalue weighted by Gasteiger charge is -2.29. The van der Waals surface area contributed by atoms with Crippen LogP contribution in [-0.4, -0.2) is 4.57 Å². The van der Waals surface area contributed by atoms with Crippen LogP contribution in [0.5, 0.6) is 0 Å². The van der Waals surface area contributed by atoms with Crippen LogP contribution in [0.4, 0.5) is 34.4 Å². The summed E-state index contributed by atoms with van der Waals surface area (Å²) in [5, 5.41) is 4.91. The van der Waals surface area contributed by atoms with E-state index in [4.69, 9.17) is 0 Å². The fraction of sp³-hybridized carbons (Fsp3) is 0.0270. The fourth-order valence-corrected chi connectivity index (χ4v) is 5.55. The number of rotatable bonds is 6. The molecule has 0 bridgehead atoms. The van der Waals surface area contributed by atoms with E-state index < -0.39 is 0 Å². The molecule has 0 fully saturated rings. The van der Waals surface area contributed by atoms with Crippen molar-refractivity contribution in [1.29, 1.82) is 0 Å². The summed E-state index contributed by atoms with van der Waals surface area (Å²) in [5.41, 5.74) is 4.47. The number of hydrogen-bond acceptors (Lipinski definition) is 2. The average molecular weight is 516 g/mol. The van der Waals surface area contributed by atoms with E-state index >= 15 is 0 Å². The lowest BCUT2D eigenvalue weighted by atomic mass is 10.1. The molecule has 0 N–H and O–H groups in total. The molecule has 1 heterocycles. The Hall–Kier alpha value is -5.28. The van der Waals surface area contributed by atoms with E-state index in [-0.39, 0.29) is 0 Å². The Morgan fingerprint density at radius 3 is 1.15 bits per heavy atom. The second-order valence-corrected chi connectivity index (χ2v) is 10.0. The Kier molecular flexibility index (Phi) is 6.02. The molecule has 0 saturated heterocycles. The van der Waals surface area contributed by atoms with Crippen molar-refractivity contribution in [2.24, 2.45) is 7.05 Å². The predicted molar refractivity (Wildman–Crippen MR) is 170 cm³/mol. The molecule has 0 spiro atoms. The smallest absolute Gasteiger partial charge is 0.119 e. The van der Waals surface area contributed by atoms with Gasteiger partial charge in [0.05, 0.1) is 0 Å². The molecule has 0 atom stereocenters. The van der Waals surface area contributed by atoms with E-state index in [2.05, 4.69) is 179 Å². The number of benzene rings is 6. The predicted octanol–water partition coefficient (Wildman–Crippen LogP) is 10.3. The minimum absolute atomic E-state index is 1.08. The molecule has 0 amide bonds. The summed E-state index contributed by atoms with van der Waals surface area (Å²) in [6, 6.07) is 56.0. The minimum Gasteiger partial charge on any atom is -0.316 e. The molecule has 1 aromatic heterocycles. The van der Waals surface area contributed by atoms with Crippen molar-refractivity contribution in [2.45, 2.75) is 0 Å². The van der Waals surface area contributed by atoms with E-state index in [1.165, 1.54) is 21.5 Å². The topological polar surface area (TPSA) is 11.4 Å². The first-order chi connectivity index (χ1) is 19.8. The Morgan fingerprint density at radius 2 is 0.725 bits per heavy atom. The quantitative estimate of drug-likeness (QED) is 0.218. The largest absolute Gasteiger partial charge is 0.316 e. The summed E-state index contributed by atoms with van der Waals surface area (Å²) < 4.78 is 2.28. The zero-order valence-corrected chi connectivity index (χ0v) is 22.4. The van der Waals surface area contributed by atoms with Gasteiger partial charge in [-0.1, -0.05) is 97.1 Å². The third-order valence-electron chi connectivity index (χ3n) is 7.54. The molecule has 0 aliphatic carbocycles. The molecular formula is C37H29N3. The Labute approximate surface area is 234 Å². The van der Waals surface area contributed by atoms with E-state index in [9.17, 15) is 0 Å².